The minimum Gasteiger partial charge on any atom is -0.303 e. The van der Waals surface area contributed by atoms with Crippen molar-refractivity contribution in [3.8, 4) is 0 Å². The van der Waals surface area contributed by atoms with Crippen LogP contribution in [-0.2, 0) is 4.79 Å². The molecule has 0 unspecified atom stereocenters. The van der Waals surface area contributed by atoms with Gasteiger partial charge in [-0.25, -0.2) is 0 Å². The first-order chi connectivity index (χ1) is 7.60. The zero-order chi connectivity index (χ0) is 13.0. The Kier molecular flexibility index (Phi) is 13.9. The Balaban J connectivity index is 0. The first kappa shape index (κ1) is 17.8. The third-order valence-electron chi connectivity index (χ3n) is 2.75. The van der Waals surface area contributed by atoms with Crippen molar-refractivity contribution in [3.63, 3.8) is 0 Å². The topological polar surface area (TPSA) is 17.1 Å². The molecule has 0 aromatic carbocycles. The minimum absolute atomic E-state index is 0.680. The molecule has 1 heteroatoms. The Hall–Kier alpha value is -0.590. The van der Waals surface area contributed by atoms with E-state index in [0.29, 0.717) is 5.92 Å². The van der Waals surface area contributed by atoms with Crippen LogP contribution in [0.2, 0.25) is 0 Å². The molecule has 0 heterocycles. The van der Waals surface area contributed by atoms with Crippen LogP contribution in [-0.4, -0.2) is 6.29 Å². The highest BCUT2D eigenvalue weighted by atomic mass is 16.1. The van der Waals surface area contributed by atoms with E-state index in [-0.39, 0.29) is 0 Å². The van der Waals surface area contributed by atoms with E-state index in [1.54, 1.807) is 0 Å². The van der Waals surface area contributed by atoms with Gasteiger partial charge in [-0.1, -0.05) is 39.3 Å². The lowest BCUT2D eigenvalue weighted by molar-refractivity contribution is -0.108. The van der Waals surface area contributed by atoms with Gasteiger partial charge in [0.25, 0.3) is 0 Å². The molecule has 0 bridgehead atoms. The van der Waals surface area contributed by atoms with Gasteiger partial charge >= 0.3 is 0 Å². The lowest BCUT2D eigenvalue weighted by atomic mass is 9.90. The Morgan fingerprint density at radius 3 is 2.19 bits per heavy atom. The number of hydrogen-bond donors (Lipinski definition) is 0. The fourth-order valence-corrected chi connectivity index (χ4v) is 1.91. The standard InChI is InChI=1S/C13H24O.C2H6/c1-5-11(2)9-13(4)10-12(3)7-6-8-14;1-2/h5,8,12-13H,6-7,9-10H2,1-4H3;1-2H3/b11-5+;/t12-,13-;/m0./s1. The van der Waals surface area contributed by atoms with Gasteiger partial charge in [-0.2, -0.15) is 0 Å². The van der Waals surface area contributed by atoms with E-state index < -0.39 is 0 Å². The van der Waals surface area contributed by atoms with Crippen molar-refractivity contribution in [2.75, 3.05) is 0 Å². The van der Waals surface area contributed by atoms with Gasteiger partial charge in [0.15, 0.2) is 0 Å². The zero-order valence-electron chi connectivity index (χ0n) is 12.0. The summed E-state index contributed by atoms with van der Waals surface area (Å²) in [7, 11) is 0. The van der Waals surface area contributed by atoms with Crippen molar-refractivity contribution in [1.82, 2.24) is 0 Å². The van der Waals surface area contributed by atoms with Gasteiger partial charge in [-0.15, -0.1) is 0 Å². The van der Waals surface area contributed by atoms with E-state index in [1.807, 2.05) is 13.8 Å². The largest absolute Gasteiger partial charge is 0.303 e. The van der Waals surface area contributed by atoms with Crippen LogP contribution < -0.4 is 0 Å². The Labute approximate surface area is 102 Å². The summed E-state index contributed by atoms with van der Waals surface area (Å²) in [6, 6.07) is 0. The molecule has 0 saturated heterocycles. The third-order valence-corrected chi connectivity index (χ3v) is 2.75. The molecule has 1 nitrogen and oxygen atoms in total. The fourth-order valence-electron chi connectivity index (χ4n) is 1.91. The van der Waals surface area contributed by atoms with Crippen LogP contribution in [0.1, 0.15) is 67.2 Å². The second-order valence-electron chi connectivity index (χ2n) is 4.53. The van der Waals surface area contributed by atoms with Crippen molar-refractivity contribution in [2.24, 2.45) is 11.8 Å². The average molecular weight is 226 g/mol. The molecular weight excluding hydrogens is 196 g/mol. The molecule has 0 rings (SSSR count). The SMILES string of the molecule is C/C=C(\C)C[C@H](C)C[C@@H](C)CCC=O.CC. The van der Waals surface area contributed by atoms with E-state index in [0.717, 1.165) is 25.0 Å². The minimum atomic E-state index is 0.680. The lowest BCUT2D eigenvalue weighted by Crippen LogP contribution is -2.04. The van der Waals surface area contributed by atoms with Gasteiger partial charge in [0.2, 0.25) is 0 Å². The molecule has 0 aromatic rings. The third kappa shape index (κ3) is 11.5. The molecule has 0 fully saturated rings. The number of carbonyl (C=O) groups is 1. The molecule has 0 N–H and O–H groups in total. The van der Waals surface area contributed by atoms with Crippen LogP contribution in [0.4, 0.5) is 0 Å². The Morgan fingerprint density at radius 1 is 1.19 bits per heavy atom. The number of carbonyl (C=O) groups excluding carboxylic acids is 1. The molecule has 0 spiro atoms. The van der Waals surface area contributed by atoms with E-state index in [2.05, 4.69) is 33.8 Å². The lowest BCUT2D eigenvalue weighted by Gasteiger charge is -2.16. The zero-order valence-corrected chi connectivity index (χ0v) is 12.0. The normalized spacial score (nSPS) is 14.8. The maximum atomic E-state index is 10.2. The summed E-state index contributed by atoms with van der Waals surface area (Å²) in [5.41, 5.74) is 1.47. The first-order valence-electron chi connectivity index (χ1n) is 6.65. The Morgan fingerprint density at radius 2 is 1.75 bits per heavy atom. The van der Waals surface area contributed by atoms with Crippen molar-refractivity contribution in [3.05, 3.63) is 11.6 Å². The summed E-state index contributed by atoms with van der Waals surface area (Å²) in [6.45, 7) is 12.8. The number of aldehydes is 1. The van der Waals surface area contributed by atoms with Crippen LogP contribution >= 0.6 is 0 Å². The quantitative estimate of drug-likeness (QED) is 0.440. The fraction of sp³-hybridized carbons (Fsp3) is 0.800. The summed E-state index contributed by atoms with van der Waals surface area (Å²) in [6.07, 6.45) is 7.41. The van der Waals surface area contributed by atoms with E-state index in [9.17, 15) is 4.79 Å². The highest BCUT2D eigenvalue weighted by molar-refractivity contribution is 5.49. The predicted octanol–water partition coefficient (Wildman–Crippen LogP) is 5.01. The number of hydrogen-bond acceptors (Lipinski definition) is 1. The number of rotatable bonds is 7. The van der Waals surface area contributed by atoms with Crippen molar-refractivity contribution >= 4 is 6.29 Å². The molecule has 0 aromatic heterocycles. The van der Waals surface area contributed by atoms with E-state index >= 15 is 0 Å². The molecule has 0 radical (unpaired) electrons. The highest BCUT2D eigenvalue weighted by Crippen LogP contribution is 2.21. The molecule has 16 heavy (non-hydrogen) atoms. The molecule has 0 saturated carbocycles. The average Bonchev–Trinajstić information content (AvgIpc) is 2.28. The van der Waals surface area contributed by atoms with Crippen LogP contribution in [0.3, 0.4) is 0 Å². The summed E-state index contributed by atoms with van der Waals surface area (Å²) in [4.78, 5) is 10.2. The Bertz CT molecular complexity index is 182. The molecule has 0 amide bonds. The molecule has 0 aliphatic rings. The summed E-state index contributed by atoms with van der Waals surface area (Å²) < 4.78 is 0. The molecule has 0 aliphatic carbocycles. The first-order valence-corrected chi connectivity index (χ1v) is 6.65. The van der Waals surface area contributed by atoms with Gasteiger partial charge < -0.3 is 4.79 Å². The second kappa shape index (κ2) is 12.5. The number of allylic oxidation sites excluding steroid dienone is 2. The molecule has 2 atom stereocenters. The summed E-state index contributed by atoms with van der Waals surface area (Å²) in [5.74, 6) is 1.42. The maximum absolute atomic E-state index is 10.2. The van der Waals surface area contributed by atoms with Gasteiger partial charge in [-0.05, 0) is 44.9 Å². The van der Waals surface area contributed by atoms with Crippen LogP contribution in [0, 0.1) is 11.8 Å². The van der Waals surface area contributed by atoms with Gasteiger partial charge in [0, 0.05) is 6.42 Å². The van der Waals surface area contributed by atoms with Crippen molar-refractivity contribution in [1.29, 1.82) is 0 Å². The highest BCUT2D eigenvalue weighted by Gasteiger charge is 2.08. The van der Waals surface area contributed by atoms with Gasteiger partial charge in [0.1, 0.15) is 6.29 Å². The molecule has 96 valence electrons. The van der Waals surface area contributed by atoms with Gasteiger partial charge in [-0.3, -0.25) is 0 Å². The van der Waals surface area contributed by atoms with Gasteiger partial charge in [0.05, 0.1) is 0 Å². The predicted molar refractivity (Wildman–Crippen MR) is 73.6 cm³/mol. The second-order valence-corrected chi connectivity index (χ2v) is 4.53. The van der Waals surface area contributed by atoms with Crippen LogP contribution in [0.5, 0.6) is 0 Å². The monoisotopic (exact) mass is 226 g/mol. The maximum Gasteiger partial charge on any atom is 0.120 e. The van der Waals surface area contributed by atoms with Crippen molar-refractivity contribution in [2.45, 2.75) is 67.2 Å². The molecular formula is C15H30O. The van der Waals surface area contributed by atoms with Crippen LogP contribution in [0.15, 0.2) is 11.6 Å². The van der Waals surface area contributed by atoms with E-state index in [1.165, 1.54) is 18.4 Å². The smallest absolute Gasteiger partial charge is 0.120 e. The van der Waals surface area contributed by atoms with Crippen LogP contribution in [0.25, 0.3) is 0 Å². The summed E-state index contributed by atoms with van der Waals surface area (Å²) >= 11 is 0. The summed E-state index contributed by atoms with van der Waals surface area (Å²) in [5, 5.41) is 0. The van der Waals surface area contributed by atoms with Crippen molar-refractivity contribution < 1.29 is 4.79 Å². The van der Waals surface area contributed by atoms with E-state index in [4.69, 9.17) is 0 Å². The molecule has 0 aliphatic heterocycles.